The van der Waals surface area contributed by atoms with Gasteiger partial charge in [0.05, 0.1) is 11.5 Å². The third kappa shape index (κ3) is 5.59. The van der Waals surface area contributed by atoms with Crippen LogP contribution in [0, 0.1) is 5.92 Å². The van der Waals surface area contributed by atoms with Crippen molar-refractivity contribution in [1.29, 1.82) is 0 Å². The van der Waals surface area contributed by atoms with Gasteiger partial charge in [0.25, 0.3) is 0 Å². The molecule has 1 aromatic rings. The Morgan fingerprint density at radius 1 is 1.33 bits per heavy atom. The van der Waals surface area contributed by atoms with Crippen LogP contribution < -0.4 is 10.6 Å². The van der Waals surface area contributed by atoms with Crippen molar-refractivity contribution in [2.75, 3.05) is 19.6 Å². The smallest absolute Gasteiger partial charge is 0.352 e. The summed E-state index contributed by atoms with van der Waals surface area (Å²) in [6.07, 6.45) is -2.41. The van der Waals surface area contributed by atoms with Gasteiger partial charge in [-0.15, -0.1) is 12.4 Å². The highest BCUT2D eigenvalue weighted by Gasteiger charge is 2.35. The van der Waals surface area contributed by atoms with Gasteiger partial charge in [-0.2, -0.15) is 13.2 Å². The van der Waals surface area contributed by atoms with Gasteiger partial charge in [-0.05, 0) is 37.1 Å². The van der Waals surface area contributed by atoms with E-state index >= 15 is 0 Å². The molecule has 2 fully saturated rings. The Morgan fingerprint density at radius 2 is 2.11 bits per heavy atom. The second-order valence-electron chi connectivity index (χ2n) is 6.93. The molecule has 2 aliphatic rings. The minimum atomic E-state index is -4.42. The molecule has 0 radical (unpaired) electrons. The summed E-state index contributed by atoms with van der Waals surface area (Å²) in [7, 11) is 0. The predicted molar refractivity (Wildman–Crippen MR) is 96.3 cm³/mol. The van der Waals surface area contributed by atoms with Crippen molar-refractivity contribution >= 4 is 24.2 Å². The van der Waals surface area contributed by atoms with Crippen LogP contribution in [0.3, 0.4) is 0 Å². The molecule has 1 aromatic carbocycles. The summed E-state index contributed by atoms with van der Waals surface area (Å²) in [5.74, 6) is -0.807. The van der Waals surface area contributed by atoms with Crippen LogP contribution in [0.25, 0.3) is 0 Å². The Kier molecular flexibility index (Phi) is 7.11. The zero-order valence-corrected chi connectivity index (χ0v) is 15.5. The minimum absolute atomic E-state index is 0. The molecule has 3 rings (SSSR count). The monoisotopic (exact) mass is 405 g/mol. The molecule has 5 nitrogen and oxygen atoms in total. The fraction of sp³-hybridized carbons (Fsp3) is 0.556. The Labute approximate surface area is 162 Å². The van der Waals surface area contributed by atoms with Gasteiger partial charge < -0.3 is 15.5 Å². The molecule has 2 saturated heterocycles. The number of hydrogen-bond acceptors (Lipinski definition) is 3. The number of benzene rings is 1. The number of nitrogens with zero attached hydrogens (tertiary/aromatic N) is 1. The average molecular weight is 406 g/mol. The van der Waals surface area contributed by atoms with Crippen LogP contribution in [0.2, 0.25) is 0 Å². The lowest BCUT2D eigenvalue weighted by atomic mass is 10.0. The maximum atomic E-state index is 12.8. The average Bonchev–Trinajstić information content (AvgIpc) is 2.96. The van der Waals surface area contributed by atoms with Gasteiger partial charge in [-0.1, -0.05) is 12.1 Å². The van der Waals surface area contributed by atoms with Crippen molar-refractivity contribution in [3.63, 3.8) is 0 Å². The lowest BCUT2D eigenvalue weighted by Gasteiger charge is -2.25. The molecule has 2 atom stereocenters. The highest BCUT2D eigenvalue weighted by molar-refractivity contribution is 5.89. The minimum Gasteiger partial charge on any atom is -0.352 e. The van der Waals surface area contributed by atoms with Crippen molar-refractivity contribution in [2.24, 2.45) is 5.92 Å². The molecule has 0 aromatic heterocycles. The van der Waals surface area contributed by atoms with Gasteiger partial charge in [0.1, 0.15) is 0 Å². The Bertz CT molecular complexity index is 678. The molecule has 2 aliphatic heterocycles. The van der Waals surface area contributed by atoms with Crippen LogP contribution in [0.1, 0.15) is 30.4 Å². The quantitative estimate of drug-likeness (QED) is 0.808. The molecule has 2 unspecified atom stereocenters. The summed E-state index contributed by atoms with van der Waals surface area (Å²) in [5, 5.41) is 6.18. The van der Waals surface area contributed by atoms with Crippen LogP contribution in [0.5, 0.6) is 0 Å². The highest BCUT2D eigenvalue weighted by Crippen LogP contribution is 2.30. The van der Waals surface area contributed by atoms with E-state index in [0.29, 0.717) is 5.56 Å². The number of piperidine rings is 1. The first-order valence-electron chi connectivity index (χ1n) is 8.78. The third-order valence-corrected chi connectivity index (χ3v) is 4.86. The SMILES string of the molecule is Cl.O=C(NC1CCCNC1)C1CC(=O)N(Cc2cccc(C(F)(F)F)c2)C1. The van der Waals surface area contributed by atoms with Crippen LogP contribution in [0.4, 0.5) is 13.2 Å². The van der Waals surface area contributed by atoms with Gasteiger partial charge in [0.15, 0.2) is 0 Å². The first-order valence-corrected chi connectivity index (χ1v) is 8.78. The standard InChI is InChI=1S/C18H22F3N3O2.ClH/c19-18(20,21)14-4-1-3-12(7-14)10-24-11-13(8-16(24)25)17(26)23-15-5-2-6-22-9-15;/h1,3-4,7,13,15,22H,2,5-6,8-11H2,(H,23,26);1H. The van der Waals surface area contributed by atoms with Gasteiger partial charge >= 0.3 is 6.18 Å². The Balaban J connectivity index is 0.00000261. The molecule has 2 heterocycles. The van der Waals surface area contributed by atoms with Crippen molar-refractivity contribution < 1.29 is 22.8 Å². The first kappa shape index (κ1) is 21.5. The summed E-state index contributed by atoms with van der Waals surface area (Å²) in [6, 6.07) is 5.02. The van der Waals surface area contributed by atoms with Crippen molar-refractivity contribution in [3.05, 3.63) is 35.4 Å². The number of alkyl halides is 3. The number of amides is 2. The molecule has 27 heavy (non-hydrogen) atoms. The number of rotatable bonds is 4. The molecule has 9 heteroatoms. The summed E-state index contributed by atoms with van der Waals surface area (Å²) in [5.41, 5.74) is -0.327. The van der Waals surface area contributed by atoms with E-state index < -0.39 is 17.7 Å². The molecule has 0 aliphatic carbocycles. The topological polar surface area (TPSA) is 61.4 Å². The van der Waals surface area contributed by atoms with Gasteiger partial charge in [0, 0.05) is 32.1 Å². The molecule has 2 amide bonds. The van der Waals surface area contributed by atoms with E-state index in [0.717, 1.165) is 38.1 Å². The first-order chi connectivity index (χ1) is 12.3. The second-order valence-corrected chi connectivity index (χ2v) is 6.93. The van der Waals surface area contributed by atoms with E-state index in [-0.39, 0.29) is 49.8 Å². The lowest BCUT2D eigenvalue weighted by Crippen LogP contribution is -2.47. The molecular weight excluding hydrogens is 383 g/mol. The van der Waals surface area contributed by atoms with Gasteiger partial charge in [0.2, 0.25) is 11.8 Å². The van der Waals surface area contributed by atoms with E-state index in [4.69, 9.17) is 0 Å². The van der Waals surface area contributed by atoms with Crippen molar-refractivity contribution in [2.45, 2.75) is 38.0 Å². The van der Waals surface area contributed by atoms with E-state index in [1.165, 1.54) is 11.0 Å². The second kappa shape index (κ2) is 8.93. The van der Waals surface area contributed by atoms with Crippen molar-refractivity contribution in [3.8, 4) is 0 Å². The molecule has 0 spiro atoms. The summed E-state index contributed by atoms with van der Waals surface area (Å²) < 4.78 is 38.4. The number of likely N-dealkylation sites (tertiary alicyclic amines) is 1. The number of carbonyl (C=O) groups is 2. The fourth-order valence-corrected chi connectivity index (χ4v) is 3.46. The number of nitrogens with one attached hydrogen (secondary N) is 2. The maximum absolute atomic E-state index is 12.8. The van der Waals surface area contributed by atoms with Gasteiger partial charge in [-0.25, -0.2) is 0 Å². The maximum Gasteiger partial charge on any atom is 0.416 e. The zero-order valence-electron chi connectivity index (χ0n) is 14.7. The van der Waals surface area contributed by atoms with E-state index in [2.05, 4.69) is 10.6 Å². The van der Waals surface area contributed by atoms with E-state index in [1.807, 2.05) is 0 Å². The summed E-state index contributed by atoms with van der Waals surface area (Å²) >= 11 is 0. The van der Waals surface area contributed by atoms with Crippen LogP contribution in [-0.2, 0) is 22.3 Å². The summed E-state index contributed by atoms with van der Waals surface area (Å²) in [6.45, 7) is 1.98. The number of hydrogen-bond donors (Lipinski definition) is 2. The Hall–Kier alpha value is -1.80. The highest BCUT2D eigenvalue weighted by atomic mass is 35.5. The molecule has 150 valence electrons. The number of halogens is 4. The zero-order chi connectivity index (χ0) is 18.7. The fourth-order valence-electron chi connectivity index (χ4n) is 3.46. The normalized spacial score (nSPS) is 23.1. The van der Waals surface area contributed by atoms with Crippen LogP contribution in [-0.4, -0.2) is 42.4 Å². The van der Waals surface area contributed by atoms with E-state index in [9.17, 15) is 22.8 Å². The predicted octanol–water partition coefficient (Wildman–Crippen LogP) is 2.34. The largest absolute Gasteiger partial charge is 0.416 e. The molecule has 0 bridgehead atoms. The van der Waals surface area contributed by atoms with Gasteiger partial charge in [-0.3, -0.25) is 9.59 Å². The summed E-state index contributed by atoms with van der Waals surface area (Å²) in [4.78, 5) is 26.0. The van der Waals surface area contributed by atoms with E-state index in [1.54, 1.807) is 6.07 Å². The molecule has 0 saturated carbocycles. The van der Waals surface area contributed by atoms with Crippen LogP contribution in [0.15, 0.2) is 24.3 Å². The Morgan fingerprint density at radius 3 is 2.78 bits per heavy atom. The third-order valence-electron chi connectivity index (χ3n) is 4.86. The lowest BCUT2D eigenvalue weighted by molar-refractivity contribution is -0.137. The van der Waals surface area contributed by atoms with Crippen LogP contribution >= 0.6 is 12.4 Å². The number of carbonyl (C=O) groups excluding carboxylic acids is 2. The van der Waals surface area contributed by atoms with Crippen molar-refractivity contribution in [1.82, 2.24) is 15.5 Å². The molecular formula is C18H23ClF3N3O2. The molecule has 2 N–H and O–H groups in total.